The lowest BCUT2D eigenvalue weighted by atomic mass is 10.0. The molecule has 0 aliphatic rings. The second-order valence-electron chi connectivity index (χ2n) is 4.05. The molecule has 0 aliphatic carbocycles. The van der Waals surface area contributed by atoms with Gasteiger partial charge in [-0.25, -0.2) is 0 Å². The number of aromatic nitrogens is 1. The second-order valence-corrected chi connectivity index (χ2v) is 4.05. The van der Waals surface area contributed by atoms with Gasteiger partial charge in [0.25, 0.3) is 0 Å². The minimum absolute atomic E-state index is 0.897. The van der Waals surface area contributed by atoms with Gasteiger partial charge in [0.2, 0.25) is 0 Å². The van der Waals surface area contributed by atoms with E-state index in [0.717, 1.165) is 22.6 Å². The van der Waals surface area contributed by atoms with Gasteiger partial charge in [0.1, 0.15) is 0 Å². The van der Waals surface area contributed by atoms with Crippen molar-refractivity contribution in [2.45, 2.75) is 55.4 Å². The number of nitrogens with zero attached hydrogens (tertiary/aromatic N) is 2. The zero-order chi connectivity index (χ0) is 20.8. The van der Waals surface area contributed by atoms with E-state index in [1.165, 1.54) is 0 Å². The Bertz CT molecular complexity index is 573. The molecular formula is C24H38N2. The molecule has 0 amide bonds. The van der Waals surface area contributed by atoms with Crippen LogP contribution in [0.5, 0.6) is 0 Å². The summed E-state index contributed by atoms with van der Waals surface area (Å²) in [6.07, 6.45) is 12.9. The van der Waals surface area contributed by atoms with E-state index >= 15 is 0 Å². The minimum atomic E-state index is 0.897. The maximum atomic E-state index is 4.36. The van der Waals surface area contributed by atoms with Crippen LogP contribution < -0.4 is 0 Å². The molecule has 0 N–H and O–H groups in total. The lowest BCUT2D eigenvalue weighted by molar-refractivity contribution is 1.28. The molecule has 0 spiro atoms. The molecule has 0 aliphatic heterocycles. The van der Waals surface area contributed by atoms with Crippen LogP contribution in [0, 0.1) is 0 Å². The van der Waals surface area contributed by atoms with Crippen LogP contribution in [0.25, 0.3) is 5.57 Å². The van der Waals surface area contributed by atoms with Crippen LogP contribution in [-0.4, -0.2) is 10.7 Å². The summed E-state index contributed by atoms with van der Waals surface area (Å²) in [5.74, 6) is 0. The Morgan fingerprint density at radius 1 is 1.04 bits per heavy atom. The maximum absolute atomic E-state index is 4.36. The summed E-state index contributed by atoms with van der Waals surface area (Å²) in [7, 11) is 0. The van der Waals surface area contributed by atoms with Crippen molar-refractivity contribution in [1.29, 1.82) is 0 Å². The molecule has 2 nitrogen and oxygen atoms in total. The van der Waals surface area contributed by atoms with E-state index in [1.54, 1.807) is 30.6 Å². The van der Waals surface area contributed by atoms with Crippen molar-refractivity contribution < 1.29 is 0 Å². The molecule has 0 atom stereocenters. The molecule has 0 fully saturated rings. The third kappa shape index (κ3) is 12.9. The van der Waals surface area contributed by atoms with Crippen LogP contribution >= 0.6 is 0 Å². The predicted octanol–water partition coefficient (Wildman–Crippen LogP) is 7.84. The van der Waals surface area contributed by atoms with Crippen LogP contribution in [-0.2, 0) is 0 Å². The Kier molecular flexibility index (Phi) is 24.5. The summed E-state index contributed by atoms with van der Waals surface area (Å²) in [5.41, 5.74) is 3.84. The quantitative estimate of drug-likeness (QED) is 0.377. The lowest BCUT2D eigenvalue weighted by Crippen LogP contribution is -1.95. The van der Waals surface area contributed by atoms with Crippen LogP contribution in [0.2, 0.25) is 0 Å². The van der Waals surface area contributed by atoms with Gasteiger partial charge in [-0.3, -0.25) is 9.98 Å². The van der Waals surface area contributed by atoms with Crippen molar-refractivity contribution in [1.82, 2.24) is 4.98 Å². The predicted molar refractivity (Wildman–Crippen MR) is 123 cm³/mol. The summed E-state index contributed by atoms with van der Waals surface area (Å²) in [5, 5.41) is 0. The van der Waals surface area contributed by atoms with Crippen molar-refractivity contribution in [3.63, 3.8) is 0 Å². The molecule has 0 saturated carbocycles. The van der Waals surface area contributed by atoms with Gasteiger partial charge in [0, 0.05) is 18.1 Å². The topological polar surface area (TPSA) is 25.2 Å². The lowest BCUT2D eigenvalue weighted by Gasteiger charge is -2.04. The van der Waals surface area contributed by atoms with Crippen LogP contribution in [0.3, 0.4) is 0 Å². The monoisotopic (exact) mass is 354 g/mol. The number of pyridine rings is 1. The fourth-order valence-corrected chi connectivity index (χ4v) is 1.61. The van der Waals surface area contributed by atoms with Crippen LogP contribution in [0.1, 0.15) is 61.1 Å². The third-order valence-electron chi connectivity index (χ3n) is 2.71. The molecule has 0 unspecified atom stereocenters. The van der Waals surface area contributed by atoms with Crippen molar-refractivity contribution in [3.8, 4) is 0 Å². The number of aliphatic imine (C=N–C) groups is 1. The van der Waals surface area contributed by atoms with Crippen molar-refractivity contribution in [3.05, 3.63) is 85.4 Å². The highest BCUT2D eigenvalue weighted by atomic mass is 14.7. The molecule has 1 heterocycles. The summed E-state index contributed by atoms with van der Waals surface area (Å²) in [4.78, 5) is 8.70. The van der Waals surface area contributed by atoms with Gasteiger partial charge in [-0.1, -0.05) is 79.0 Å². The first-order chi connectivity index (χ1) is 12.7. The van der Waals surface area contributed by atoms with Gasteiger partial charge in [-0.15, -0.1) is 0 Å². The van der Waals surface area contributed by atoms with Crippen molar-refractivity contribution >= 4 is 11.3 Å². The van der Waals surface area contributed by atoms with Crippen LogP contribution in [0.15, 0.2) is 84.7 Å². The van der Waals surface area contributed by atoms with Gasteiger partial charge in [-0.2, -0.15) is 0 Å². The van der Waals surface area contributed by atoms with E-state index in [2.05, 4.69) is 23.1 Å². The number of hydrogen-bond acceptors (Lipinski definition) is 2. The Morgan fingerprint density at radius 3 is 2.08 bits per heavy atom. The SMILES string of the molecule is C=C\C=C/N=C(C)\C(C=C)=C\C(=C/C)c1ccccn1.CC.CC.CC. The highest BCUT2D eigenvalue weighted by Gasteiger charge is 2.02. The first-order valence-corrected chi connectivity index (χ1v) is 9.47. The molecule has 1 rings (SSSR count). The average molecular weight is 355 g/mol. The Hall–Kier alpha value is -2.48. The van der Waals surface area contributed by atoms with Gasteiger partial charge in [0.15, 0.2) is 0 Å². The van der Waals surface area contributed by atoms with E-state index < -0.39 is 0 Å². The van der Waals surface area contributed by atoms with Crippen molar-refractivity contribution in [2.24, 2.45) is 4.99 Å². The van der Waals surface area contributed by atoms with E-state index in [4.69, 9.17) is 0 Å². The molecule has 2 heteroatoms. The molecule has 0 bridgehead atoms. The molecule has 1 aromatic rings. The Balaban J connectivity index is -0.000000795. The number of allylic oxidation sites excluding steroid dienone is 7. The molecule has 0 aromatic carbocycles. The van der Waals surface area contributed by atoms with E-state index in [0.29, 0.717) is 0 Å². The van der Waals surface area contributed by atoms with E-state index in [9.17, 15) is 0 Å². The van der Waals surface area contributed by atoms with Gasteiger partial charge >= 0.3 is 0 Å². The molecule has 26 heavy (non-hydrogen) atoms. The smallest absolute Gasteiger partial charge is 0.0698 e. The molecule has 144 valence electrons. The van der Waals surface area contributed by atoms with Gasteiger partial charge in [-0.05, 0) is 49.3 Å². The standard InChI is InChI=1S/C18H20N2.3C2H6/c1-5-8-12-19-15(4)16(6-2)14-17(7-3)18-11-9-10-13-20-18;3*1-2/h5-14H,1-2H2,3-4H3;3*1-2H3/b12-8-,16-14+,17-7+,19-15-;;;. The summed E-state index contributed by atoms with van der Waals surface area (Å²) in [6.45, 7) is 23.4. The fourth-order valence-electron chi connectivity index (χ4n) is 1.61. The van der Waals surface area contributed by atoms with Gasteiger partial charge < -0.3 is 0 Å². The van der Waals surface area contributed by atoms with E-state index in [1.807, 2.05) is 85.7 Å². The highest BCUT2D eigenvalue weighted by Crippen LogP contribution is 2.16. The maximum Gasteiger partial charge on any atom is 0.0698 e. The summed E-state index contributed by atoms with van der Waals surface area (Å²) >= 11 is 0. The number of rotatable bonds is 6. The summed E-state index contributed by atoms with van der Waals surface area (Å²) < 4.78 is 0. The largest absolute Gasteiger partial charge is 0.261 e. The molecule has 1 aromatic heterocycles. The highest BCUT2D eigenvalue weighted by molar-refractivity contribution is 6.03. The number of hydrogen-bond donors (Lipinski definition) is 0. The van der Waals surface area contributed by atoms with Gasteiger partial charge in [0.05, 0.1) is 5.69 Å². The zero-order valence-electron chi connectivity index (χ0n) is 18.1. The Morgan fingerprint density at radius 2 is 1.65 bits per heavy atom. The van der Waals surface area contributed by atoms with Crippen LogP contribution in [0.4, 0.5) is 0 Å². The normalized spacial score (nSPS) is 11.2. The fraction of sp³-hybridized carbons (Fsp3) is 0.333. The first kappa shape index (κ1) is 28.3. The molecule has 0 radical (unpaired) electrons. The first-order valence-electron chi connectivity index (χ1n) is 9.47. The van der Waals surface area contributed by atoms with Crippen molar-refractivity contribution in [2.75, 3.05) is 0 Å². The minimum Gasteiger partial charge on any atom is -0.261 e. The van der Waals surface area contributed by atoms with E-state index in [-0.39, 0.29) is 0 Å². The second kappa shape index (κ2) is 22.5. The average Bonchev–Trinajstić information content (AvgIpc) is 2.74. The molecular weight excluding hydrogens is 316 g/mol. The zero-order valence-corrected chi connectivity index (χ0v) is 18.1. The Labute approximate surface area is 162 Å². The third-order valence-corrected chi connectivity index (χ3v) is 2.71. The summed E-state index contributed by atoms with van der Waals surface area (Å²) in [6, 6.07) is 5.86. The molecule has 0 saturated heterocycles.